The number of carbonyl (C=O) groups excluding carboxylic acids is 1. The molecule has 4 nitrogen and oxygen atoms in total. The van der Waals surface area contributed by atoms with Gasteiger partial charge in [-0.1, -0.05) is 22.0 Å². The van der Waals surface area contributed by atoms with Gasteiger partial charge in [-0.05, 0) is 12.1 Å². The molecule has 1 saturated heterocycles. The number of halogens is 2. The van der Waals surface area contributed by atoms with Crippen molar-refractivity contribution in [2.24, 2.45) is 0 Å². The van der Waals surface area contributed by atoms with Gasteiger partial charge < -0.3 is 14.7 Å². The van der Waals surface area contributed by atoms with E-state index in [1.165, 1.54) is 17.0 Å². The fraction of sp³-hybridized carbons (Fsp3) is 0.417. The van der Waals surface area contributed by atoms with Gasteiger partial charge in [0, 0.05) is 18.4 Å². The van der Waals surface area contributed by atoms with Crippen molar-refractivity contribution in [3.05, 3.63) is 29.6 Å². The Balaban J connectivity index is 2.20. The lowest BCUT2D eigenvalue weighted by molar-refractivity contribution is -0.00993. The zero-order valence-electron chi connectivity index (χ0n) is 9.60. The first-order chi connectivity index (χ1) is 8.63. The number of rotatable bonds is 2. The smallest absolute Gasteiger partial charge is 0.260 e. The molecule has 18 heavy (non-hydrogen) atoms. The van der Waals surface area contributed by atoms with Crippen molar-refractivity contribution in [1.29, 1.82) is 0 Å². The highest BCUT2D eigenvalue weighted by Crippen LogP contribution is 2.22. The number of hydrogen-bond acceptors (Lipinski definition) is 3. The van der Waals surface area contributed by atoms with Crippen LogP contribution in [-0.2, 0) is 4.74 Å². The molecule has 1 heterocycles. The lowest BCUT2D eigenvalue weighted by Gasteiger charge is -2.32. The summed E-state index contributed by atoms with van der Waals surface area (Å²) in [5.74, 6) is -1.54. The van der Waals surface area contributed by atoms with Crippen molar-refractivity contribution in [2.45, 2.75) is 6.10 Å². The summed E-state index contributed by atoms with van der Waals surface area (Å²) in [6.45, 7) is 1.20. The molecular weight excluding hydrogens is 305 g/mol. The number of benzene rings is 1. The molecule has 1 aromatic rings. The standard InChI is InChI=1S/C12H13BrFNO3/c13-6-8-7-15(4-5-18-8)12(17)11-9(14)2-1-3-10(11)16/h1-3,8,16H,4-7H2. The maximum atomic E-state index is 13.6. The Labute approximate surface area is 112 Å². The third-order valence-corrected chi connectivity index (χ3v) is 3.53. The molecule has 1 atom stereocenters. The molecule has 1 aromatic carbocycles. The topological polar surface area (TPSA) is 49.8 Å². The largest absolute Gasteiger partial charge is 0.507 e. The zero-order valence-corrected chi connectivity index (χ0v) is 11.2. The number of hydrogen-bond donors (Lipinski definition) is 1. The molecule has 0 spiro atoms. The molecule has 0 bridgehead atoms. The third-order valence-electron chi connectivity index (χ3n) is 2.80. The molecule has 1 aliphatic rings. The summed E-state index contributed by atoms with van der Waals surface area (Å²) in [7, 11) is 0. The van der Waals surface area contributed by atoms with Crippen molar-refractivity contribution in [3.8, 4) is 5.75 Å². The monoisotopic (exact) mass is 317 g/mol. The number of amides is 1. The van der Waals surface area contributed by atoms with Gasteiger partial charge in [0.25, 0.3) is 5.91 Å². The summed E-state index contributed by atoms with van der Waals surface area (Å²) in [5.41, 5.74) is -0.271. The van der Waals surface area contributed by atoms with E-state index in [0.717, 1.165) is 6.07 Å². The van der Waals surface area contributed by atoms with Crippen LogP contribution in [0.1, 0.15) is 10.4 Å². The van der Waals surface area contributed by atoms with E-state index in [2.05, 4.69) is 15.9 Å². The predicted molar refractivity (Wildman–Crippen MR) is 67.5 cm³/mol. The Morgan fingerprint density at radius 1 is 1.61 bits per heavy atom. The van der Waals surface area contributed by atoms with E-state index in [4.69, 9.17) is 4.74 Å². The second-order valence-electron chi connectivity index (χ2n) is 4.03. The van der Waals surface area contributed by atoms with Crippen molar-refractivity contribution in [3.63, 3.8) is 0 Å². The normalized spacial score (nSPS) is 19.9. The van der Waals surface area contributed by atoms with Crippen LogP contribution in [0.4, 0.5) is 4.39 Å². The highest BCUT2D eigenvalue weighted by atomic mass is 79.9. The maximum Gasteiger partial charge on any atom is 0.260 e. The number of phenols is 1. The number of aromatic hydroxyl groups is 1. The van der Waals surface area contributed by atoms with Crippen LogP contribution in [-0.4, -0.2) is 47.0 Å². The molecule has 0 saturated carbocycles. The Morgan fingerprint density at radius 2 is 2.39 bits per heavy atom. The SMILES string of the molecule is O=C(c1c(O)cccc1F)N1CCOC(CBr)C1. The fourth-order valence-corrected chi connectivity index (χ4v) is 2.27. The van der Waals surface area contributed by atoms with Crippen LogP contribution in [0.3, 0.4) is 0 Å². The van der Waals surface area contributed by atoms with Gasteiger partial charge in [-0.2, -0.15) is 0 Å². The van der Waals surface area contributed by atoms with Gasteiger partial charge in [0.05, 0.1) is 12.7 Å². The second-order valence-corrected chi connectivity index (χ2v) is 4.68. The minimum Gasteiger partial charge on any atom is -0.507 e. The van der Waals surface area contributed by atoms with Crippen LogP contribution in [0.25, 0.3) is 0 Å². The maximum absolute atomic E-state index is 13.6. The van der Waals surface area contributed by atoms with Gasteiger partial charge in [0.1, 0.15) is 17.1 Å². The Bertz CT molecular complexity index is 435. The number of morpholine rings is 1. The second kappa shape index (κ2) is 5.67. The number of carbonyl (C=O) groups is 1. The van der Waals surface area contributed by atoms with Crippen molar-refractivity contribution < 1.29 is 19.0 Å². The first-order valence-corrected chi connectivity index (χ1v) is 6.70. The molecule has 0 radical (unpaired) electrons. The molecule has 1 unspecified atom stereocenters. The molecule has 6 heteroatoms. The highest BCUT2D eigenvalue weighted by molar-refractivity contribution is 9.09. The fourth-order valence-electron chi connectivity index (χ4n) is 1.88. The lowest BCUT2D eigenvalue weighted by Crippen LogP contribution is -2.46. The molecular formula is C12H13BrFNO3. The van der Waals surface area contributed by atoms with Crippen molar-refractivity contribution in [2.75, 3.05) is 25.0 Å². The van der Waals surface area contributed by atoms with Crippen LogP contribution in [0, 0.1) is 5.82 Å². The quantitative estimate of drug-likeness (QED) is 0.846. The van der Waals surface area contributed by atoms with Gasteiger partial charge >= 0.3 is 0 Å². The number of phenolic OH excluding ortho intramolecular Hbond substituents is 1. The molecule has 1 amide bonds. The van der Waals surface area contributed by atoms with E-state index in [1.54, 1.807) is 0 Å². The first kappa shape index (κ1) is 13.3. The van der Waals surface area contributed by atoms with Crippen LogP contribution in [0.5, 0.6) is 5.75 Å². The molecule has 2 rings (SSSR count). The van der Waals surface area contributed by atoms with Crippen molar-refractivity contribution >= 4 is 21.8 Å². The van der Waals surface area contributed by atoms with E-state index in [-0.39, 0.29) is 17.4 Å². The van der Waals surface area contributed by atoms with E-state index in [1.807, 2.05) is 0 Å². The lowest BCUT2D eigenvalue weighted by atomic mass is 10.1. The van der Waals surface area contributed by atoms with Gasteiger partial charge in [0.15, 0.2) is 0 Å². The molecule has 0 aromatic heterocycles. The predicted octanol–water partition coefficient (Wildman–Crippen LogP) is 1.77. The first-order valence-electron chi connectivity index (χ1n) is 5.57. The van der Waals surface area contributed by atoms with Crippen LogP contribution in [0.15, 0.2) is 18.2 Å². The van der Waals surface area contributed by atoms with Gasteiger partial charge in [-0.15, -0.1) is 0 Å². The summed E-state index contributed by atoms with van der Waals surface area (Å²) in [6.07, 6.45) is -0.100. The minimum atomic E-state index is -0.707. The van der Waals surface area contributed by atoms with Crippen molar-refractivity contribution in [1.82, 2.24) is 4.90 Å². The van der Waals surface area contributed by atoms with Gasteiger partial charge in [0.2, 0.25) is 0 Å². The Kier molecular flexibility index (Phi) is 4.19. The molecule has 1 aliphatic heterocycles. The third kappa shape index (κ3) is 2.64. The summed E-state index contributed by atoms with van der Waals surface area (Å²) in [4.78, 5) is 13.7. The van der Waals surface area contributed by atoms with Gasteiger partial charge in [-0.3, -0.25) is 4.79 Å². The summed E-state index contributed by atoms with van der Waals surface area (Å²) in [6, 6.07) is 3.83. The molecule has 0 aliphatic carbocycles. The van der Waals surface area contributed by atoms with Gasteiger partial charge in [-0.25, -0.2) is 4.39 Å². The zero-order chi connectivity index (χ0) is 13.1. The average Bonchev–Trinajstić information content (AvgIpc) is 2.38. The molecule has 98 valence electrons. The Hall–Kier alpha value is -1.14. The summed E-state index contributed by atoms with van der Waals surface area (Å²) in [5, 5.41) is 10.2. The highest BCUT2D eigenvalue weighted by Gasteiger charge is 2.27. The summed E-state index contributed by atoms with van der Waals surface area (Å²) >= 11 is 3.29. The van der Waals surface area contributed by atoms with Crippen LogP contribution >= 0.6 is 15.9 Å². The molecule has 1 fully saturated rings. The number of alkyl halides is 1. The summed E-state index contributed by atoms with van der Waals surface area (Å²) < 4.78 is 19.0. The number of ether oxygens (including phenoxy) is 1. The average molecular weight is 318 g/mol. The van der Waals surface area contributed by atoms with E-state index < -0.39 is 11.7 Å². The van der Waals surface area contributed by atoms with Crippen LogP contribution in [0.2, 0.25) is 0 Å². The van der Waals surface area contributed by atoms with E-state index in [9.17, 15) is 14.3 Å². The number of nitrogens with zero attached hydrogens (tertiary/aromatic N) is 1. The van der Waals surface area contributed by atoms with Crippen LogP contribution < -0.4 is 0 Å². The van der Waals surface area contributed by atoms with E-state index in [0.29, 0.717) is 25.0 Å². The minimum absolute atomic E-state index is 0.100. The van der Waals surface area contributed by atoms with E-state index >= 15 is 0 Å². The Morgan fingerprint density at radius 3 is 3.06 bits per heavy atom. The molecule has 1 N–H and O–H groups in total.